The average molecular weight is 285 g/mol. The van der Waals surface area contributed by atoms with Crippen LogP contribution in [0.1, 0.15) is 25.3 Å². The molecule has 0 aliphatic heterocycles. The summed E-state index contributed by atoms with van der Waals surface area (Å²) in [7, 11) is 0. The molecule has 1 atom stereocenters. The maximum absolute atomic E-state index is 11.6. The predicted octanol–water partition coefficient (Wildman–Crippen LogP) is 1.48. The van der Waals surface area contributed by atoms with Gasteiger partial charge in [0.1, 0.15) is 6.04 Å². The average Bonchev–Trinajstić information content (AvgIpc) is 2.80. The molecule has 0 aliphatic rings. The Morgan fingerprint density at radius 2 is 2.21 bits per heavy atom. The highest BCUT2D eigenvalue weighted by molar-refractivity contribution is 7.09. The van der Waals surface area contributed by atoms with Crippen LogP contribution in [0.2, 0.25) is 0 Å². The molecule has 1 aromatic heterocycles. The molecule has 0 radical (unpaired) electrons. The van der Waals surface area contributed by atoms with Gasteiger partial charge in [-0.15, -0.1) is 11.3 Å². The lowest BCUT2D eigenvalue weighted by Gasteiger charge is -2.16. The zero-order valence-electron chi connectivity index (χ0n) is 11.0. The third-order valence-corrected chi connectivity index (χ3v) is 3.26. The first kappa shape index (κ1) is 15.4. The number of nitrogens with zero attached hydrogens (tertiary/aromatic N) is 1. The highest BCUT2D eigenvalue weighted by Crippen LogP contribution is 2.05. The summed E-state index contributed by atoms with van der Waals surface area (Å²) in [6.07, 6.45) is 2.77. The lowest BCUT2D eigenvalue weighted by Crippen LogP contribution is -2.47. The lowest BCUT2D eigenvalue weighted by molar-refractivity contribution is -0.139. The number of carbonyl (C=O) groups is 2. The molecule has 0 saturated carbocycles. The number of carboxylic acids is 1. The Bertz CT molecular complexity index is 406. The minimum absolute atomic E-state index is 0.205. The fraction of sp³-hybridized carbons (Fsp3) is 0.583. The zero-order chi connectivity index (χ0) is 14.3. The molecule has 0 aromatic carbocycles. The molecule has 2 amide bonds. The molecule has 0 saturated heterocycles. The number of aromatic nitrogens is 1. The largest absolute Gasteiger partial charge is 0.480 e. The summed E-state index contributed by atoms with van der Waals surface area (Å²) in [6, 6.07) is -1.30. The van der Waals surface area contributed by atoms with E-state index in [1.807, 2.05) is 19.2 Å². The van der Waals surface area contributed by atoms with E-state index in [-0.39, 0.29) is 5.92 Å². The van der Waals surface area contributed by atoms with Gasteiger partial charge < -0.3 is 15.7 Å². The summed E-state index contributed by atoms with van der Waals surface area (Å²) >= 11 is 1.52. The highest BCUT2D eigenvalue weighted by Gasteiger charge is 2.20. The topological polar surface area (TPSA) is 91.3 Å². The van der Waals surface area contributed by atoms with Crippen LogP contribution in [-0.2, 0) is 11.2 Å². The molecular weight excluding hydrogens is 266 g/mol. The highest BCUT2D eigenvalue weighted by atomic mass is 32.1. The van der Waals surface area contributed by atoms with Crippen LogP contribution in [0.5, 0.6) is 0 Å². The van der Waals surface area contributed by atoms with E-state index < -0.39 is 18.0 Å². The van der Waals surface area contributed by atoms with Crippen molar-refractivity contribution in [1.82, 2.24) is 15.6 Å². The molecule has 0 aliphatic carbocycles. The maximum Gasteiger partial charge on any atom is 0.326 e. The van der Waals surface area contributed by atoms with E-state index in [0.717, 1.165) is 5.01 Å². The summed E-state index contributed by atoms with van der Waals surface area (Å²) in [5.74, 6) is -0.805. The second-order valence-corrected chi connectivity index (χ2v) is 5.58. The van der Waals surface area contributed by atoms with Crippen LogP contribution in [-0.4, -0.2) is 34.7 Å². The Labute approximate surface area is 116 Å². The van der Waals surface area contributed by atoms with Gasteiger partial charge in [0.05, 0.1) is 5.01 Å². The fourth-order valence-corrected chi connectivity index (χ4v) is 2.18. The van der Waals surface area contributed by atoms with E-state index in [1.54, 1.807) is 6.20 Å². The molecule has 0 bridgehead atoms. The smallest absolute Gasteiger partial charge is 0.326 e. The van der Waals surface area contributed by atoms with E-state index in [4.69, 9.17) is 5.11 Å². The third-order valence-electron chi connectivity index (χ3n) is 2.42. The fourth-order valence-electron chi connectivity index (χ4n) is 1.56. The summed E-state index contributed by atoms with van der Waals surface area (Å²) < 4.78 is 0. The van der Waals surface area contributed by atoms with E-state index in [1.165, 1.54) is 11.3 Å². The normalized spacial score (nSPS) is 12.2. The van der Waals surface area contributed by atoms with Crippen LogP contribution in [0.15, 0.2) is 11.6 Å². The number of carbonyl (C=O) groups excluding carboxylic acids is 1. The first-order valence-electron chi connectivity index (χ1n) is 6.14. The van der Waals surface area contributed by atoms with Gasteiger partial charge in [0.15, 0.2) is 0 Å². The van der Waals surface area contributed by atoms with Crippen molar-refractivity contribution in [2.45, 2.75) is 32.7 Å². The minimum Gasteiger partial charge on any atom is -0.480 e. The zero-order valence-corrected chi connectivity index (χ0v) is 11.9. The molecule has 19 heavy (non-hydrogen) atoms. The van der Waals surface area contributed by atoms with Gasteiger partial charge in [-0.25, -0.2) is 14.6 Å². The van der Waals surface area contributed by atoms with Gasteiger partial charge in [0, 0.05) is 24.5 Å². The van der Waals surface area contributed by atoms with Crippen molar-refractivity contribution in [2.75, 3.05) is 6.54 Å². The first-order chi connectivity index (χ1) is 8.99. The molecular formula is C12H19N3O3S. The molecule has 1 aromatic rings. The minimum atomic E-state index is -1.01. The Balaban J connectivity index is 2.30. The Morgan fingerprint density at radius 1 is 1.47 bits per heavy atom. The molecule has 106 valence electrons. The molecule has 7 heteroatoms. The number of urea groups is 1. The number of nitrogens with one attached hydrogen (secondary N) is 2. The molecule has 0 spiro atoms. The van der Waals surface area contributed by atoms with Crippen LogP contribution < -0.4 is 10.6 Å². The number of hydrogen-bond donors (Lipinski definition) is 3. The van der Waals surface area contributed by atoms with E-state index in [9.17, 15) is 9.59 Å². The van der Waals surface area contributed by atoms with Gasteiger partial charge in [-0.3, -0.25) is 0 Å². The SMILES string of the molecule is CC(C)C[C@H](NC(=O)NCCc1nccs1)C(=O)O. The quantitative estimate of drug-likeness (QED) is 0.707. The third kappa shape index (κ3) is 6.19. The summed E-state index contributed by atoms with van der Waals surface area (Å²) in [4.78, 5) is 26.6. The van der Waals surface area contributed by atoms with Crippen molar-refractivity contribution < 1.29 is 14.7 Å². The van der Waals surface area contributed by atoms with Gasteiger partial charge in [0.2, 0.25) is 0 Å². The van der Waals surface area contributed by atoms with Gasteiger partial charge >= 0.3 is 12.0 Å². The van der Waals surface area contributed by atoms with E-state index >= 15 is 0 Å². The number of aliphatic carboxylic acids is 1. The second kappa shape index (κ2) is 7.73. The number of hydrogen-bond acceptors (Lipinski definition) is 4. The van der Waals surface area contributed by atoms with Crippen LogP contribution in [0.25, 0.3) is 0 Å². The Morgan fingerprint density at radius 3 is 2.74 bits per heavy atom. The maximum atomic E-state index is 11.6. The molecule has 0 unspecified atom stereocenters. The predicted molar refractivity (Wildman–Crippen MR) is 73.2 cm³/mol. The standard InChI is InChI=1S/C12H19N3O3S/c1-8(2)7-9(11(16)17)15-12(18)14-4-3-10-13-5-6-19-10/h5-6,8-9H,3-4,7H2,1-2H3,(H,16,17)(H2,14,15,18)/t9-/m0/s1. The number of amides is 2. The molecule has 3 N–H and O–H groups in total. The van der Waals surface area contributed by atoms with Gasteiger partial charge in [-0.1, -0.05) is 13.8 Å². The Kier molecular flexibility index (Phi) is 6.27. The summed E-state index contributed by atoms with van der Waals surface area (Å²) in [5, 5.41) is 16.9. The molecule has 0 fully saturated rings. The number of thiazole rings is 1. The van der Waals surface area contributed by atoms with Crippen molar-refractivity contribution in [2.24, 2.45) is 5.92 Å². The van der Waals surface area contributed by atoms with Gasteiger partial charge in [0.25, 0.3) is 0 Å². The molecule has 1 rings (SSSR count). The van der Waals surface area contributed by atoms with E-state index in [0.29, 0.717) is 19.4 Å². The second-order valence-electron chi connectivity index (χ2n) is 4.60. The Hall–Kier alpha value is -1.63. The first-order valence-corrected chi connectivity index (χ1v) is 7.02. The van der Waals surface area contributed by atoms with Crippen LogP contribution in [0.3, 0.4) is 0 Å². The summed E-state index contributed by atoms with van der Waals surface area (Å²) in [5.41, 5.74) is 0. The summed E-state index contributed by atoms with van der Waals surface area (Å²) in [6.45, 7) is 4.27. The molecule has 1 heterocycles. The van der Waals surface area contributed by atoms with Crippen LogP contribution in [0.4, 0.5) is 4.79 Å². The van der Waals surface area contributed by atoms with E-state index in [2.05, 4.69) is 15.6 Å². The molecule has 6 nitrogen and oxygen atoms in total. The van der Waals surface area contributed by atoms with Crippen LogP contribution in [0, 0.1) is 5.92 Å². The number of carboxylic acid groups (broad SMARTS) is 1. The van der Waals surface area contributed by atoms with Crippen molar-refractivity contribution in [3.8, 4) is 0 Å². The van der Waals surface area contributed by atoms with Crippen molar-refractivity contribution in [3.63, 3.8) is 0 Å². The van der Waals surface area contributed by atoms with Crippen molar-refractivity contribution >= 4 is 23.3 Å². The monoisotopic (exact) mass is 285 g/mol. The lowest BCUT2D eigenvalue weighted by atomic mass is 10.0. The number of rotatable bonds is 7. The van der Waals surface area contributed by atoms with Crippen molar-refractivity contribution in [3.05, 3.63) is 16.6 Å². The van der Waals surface area contributed by atoms with Crippen molar-refractivity contribution in [1.29, 1.82) is 0 Å². The van der Waals surface area contributed by atoms with Gasteiger partial charge in [-0.05, 0) is 12.3 Å². The van der Waals surface area contributed by atoms with Gasteiger partial charge in [-0.2, -0.15) is 0 Å². The van der Waals surface area contributed by atoms with Crippen LogP contribution >= 0.6 is 11.3 Å².